The van der Waals surface area contributed by atoms with E-state index in [0.717, 1.165) is 34.1 Å². The highest BCUT2D eigenvalue weighted by Gasteiger charge is 2.21. The largest absolute Gasteiger partial charge is 0.454 e. The molecule has 1 aromatic heterocycles. The Kier molecular flexibility index (Phi) is 4.50. The average Bonchev–Trinajstić information content (AvgIpc) is 3.32. The van der Waals surface area contributed by atoms with Gasteiger partial charge in [-0.2, -0.15) is 11.8 Å². The summed E-state index contributed by atoms with van der Waals surface area (Å²) in [6, 6.07) is 7.92. The molecule has 1 aromatic carbocycles. The van der Waals surface area contributed by atoms with Gasteiger partial charge in [0.25, 0.3) is 0 Å². The smallest absolute Gasteiger partial charge is 0.231 e. The Morgan fingerprint density at radius 2 is 1.92 bits per heavy atom. The number of carbonyl (C=O) groups excluding carboxylic acids is 1. The second kappa shape index (κ2) is 6.79. The summed E-state index contributed by atoms with van der Waals surface area (Å²) < 4.78 is 13.0. The molecule has 132 valence electrons. The number of hydrogen-bond acceptors (Lipinski definition) is 4. The molecule has 0 saturated heterocycles. The Morgan fingerprint density at radius 3 is 2.72 bits per heavy atom. The van der Waals surface area contributed by atoms with Gasteiger partial charge in [-0.1, -0.05) is 12.8 Å². The van der Waals surface area contributed by atoms with Gasteiger partial charge >= 0.3 is 0 Å². The van der Waals surface area contributed by atoms with Crippen LogP contribution in [-0.2, 0) is 0 Å². The van der Waals surface area contributed by atoms with E-state index < -0.39 is 0 Å². The van der Waals surface area contributed by atoms with Crippen LogP contribution in [0.2, 0.25) is 0 Å². The quantitative estimate of drug-likeness (QED) is 0.729. The fraction of sp³-hybridized carbons (Fsp3) is 0.450. The van der Waals surface area contributed by atoms with E-state index in [1.807, 2.05) is 49.9 Å². The Labute approximate surface area is 152 Å². The Morgan fingerprint density at radius 1 is 1.16 bits per heavy atom. The first-order valence-electron chi connectivity index (χ1n) is 8.87. The number of aromatic nitrogens is 1. The van der Waals surface area contributed by atoms with Crippen molar-refractivity contribution in [3.05, 3.63) is 41.2 Å². The first kappa shape index (κ1) is 16.6. The van der Waals surface area contributed by atoms with E-state index in [1.54, 1.807) is 0 Å². The van der Waals surface area contributed by atoms with E-state index in [-0.39, 0.29) is 12.6 Å². The van der Waals surface area contributed by atoms with Gasteiger partial charge in [0.1, 0.15) is 0 Å². The third kappa shape index (κ3) is 3.17. The number of fused-ring (bicyclic) bond motifs is 1. The zero-order chi connectivity index (χ0) is 17.4. The standard InChI is InChI=1S/C20H23NO3S/c1-13-9-17(18(22)11-25-16-5-3-4-6-16)14(2)21(13)15-7-8-19-20(10-15)24-12-23-19/h7-10,16H,3-6,11-12H2,1-2H3. The lowest BCUT2D eigenvalue weighted by Crippen LogP contribution is -2.08. The maximum Gasteiger partial charge on any atom is 0.231 e. The average molecular weight is 357 g/mol. The number of benzene rings is 1. The number of ketones is 1. The Balaban J connectivity index is 1.57. The van der Waals surface area contributed by atoms with Crippen molar-refractivity contribution in [2.75, 3.05) is 12.5 Å². The van der Waals surface area contributed by atoms with E-state index in [9.17, 15) is 4.79 Å². The van der Waals surface area contributed by atoms with E-state index in [4.69, 9.17) is 9.47 Å². The lowest BCUT2D eigenvalue weighted by molar-refractivity contribution is 0.102. The topological polar surface area (TPSA) is 40.5 Å². The van der Waals surface area contributed by atoms with Crippen molar-refractivity contribution >= 4 is 17.5 Å². The van der Waals surface area contributed by atoms with Crippen molar-refractivity contribution in [2.24, 2.45) is 0 Å². The van der Waals surface area contributed by atoms with Crippen molar-refractivity contribution in [1.82, 2.24) is 4.57 Å². The molecule has 0 spiro atoms. The summed E-state index contributed by atoms with van der Waals surface area (Å²) in [6.07, 6.45) is 5.14. The van der Waals surface area contributed by atoms with E-state index in [0.29, 0.717) is 11.0 Å². The Bertz CT molecular complexity index is 806. The maximum atomic E-state index is 12.7. The van der Waals surface area contributed by atoms with Gasteiger partial charge in [0.2, 0.25) is 6.79 Å². The Hall–Kier alpha value is -1.88. The SMILES string of the molecule is Cc1cc(C(=O)CSC2CCCC2)c(C)n1-c1ccc2c(c1)OCO2. The molecule has 0 atom stereocenters. The number of hydrogen-bond donors (Lipinski definition) is 0. The first-order chi connectivity index (χ1) is 12.1. The number of carbonyl (C=O) groups is 1. The second-order valence-electron chi connectivity index (χ2n) is 6.80. The van der Waals surface area contributed by atoms with Crippen LogP contribution in [0.5, 0.6) is 11.5 Å². The second-order valence-corrected chi connectivity index (χ2v) is 8.09. The van der Waals surface area contributed by atoms with Gasteiger partial charge in [0, 0.05) is 34.0 Å². The molecule has 0 radical (unpaired) electrons. The minimum atomic E-state index is 0.233. The zero-order valence-corrected chi connectivity index (χ0v) is 15.5. The molecule has 2 heterocycles. The molecule has 5 heteroatoms. The minimum Gasteiger partial charge on any atom is -0.454 e. The minimum absolute atomic E-state index is 0.233. The predicted octanol–water partition coefficient (Wildman–Crippen LogP) is 4.68. The molecule has 2 aliphatic rings. The van der Waals surface area contributed by atoms with Crippen molar-refractivity contribution in [3.8, 4) is 17.2 Å². The molecule has 0 N–H and O–H groups in total. The summed E-state index contributed by atoms with van der Waals surface area (Å²) in [5, 5.41) is 0.668. The van der Waals surface area contributed by atoms with Gasteiger partial charge in [0.05, 0.1) is 5.75 Å². The summed E-state index contributed by atoms with van der Waals surface area (Å²) in [7, 11) is 0. The molecule has 0 amide bonds. The molecule has 1 fully saturated rings. The number of Topliss-reactive ketones (excluding diaryl/α,β-unsaturated/α-hetero) is 1. The van der Waals surface area contributed by atoms with Gasteiger partial charge in [0.15, 0.2) is 17.3 Å². The molecule has 4 rings (SSSR count). The van der Waals surface area contributed by atoms with Crippen molar-refractivity contribution < 1.29 is 14.3 Å². The molecule has 2 aromatic rings. The van der Waals surface area contributed by atoms with Crippen LogP contribution in [0.25, 0.3) is 5.69 Å². The van der Waals surface area contributed by atoms with Gasteiger partial charge in [-0.15, -0.1) is 0 Å². The molecule has 1 aliphatic heterocycles. The monoisotopic (exact) mass is 357 g/mol. The van der Waals surface area contributed by atoms with Crippen LogP contribution >= 0.6 is 11.8 Å². The summed E-state index contributed by atoms with van der Waals surface area (Å²) >= 11 is 1.83. The van der Waals surface area contributed by atoms with E-state index in [2.05, 4.69) is 4.57 Å². The molecule has 4 nitrogen and oxygen atoms in total. The van der Waals surface area contributed by atoms with E-state index >= 15 is 0 Å². The van der Waals surface area contributed by atoms with Crippen LogP contribution in [0.4, 0.5) is 0 Å². The molecular weight excluding hydrogens is 334 g/mol. The van der Waals surface area contributed by atoms with Gasteiger partial charge in [-0.05, 0) is 44.9 Å². The van der Waals surface area contributed by atoms with Crippen molar-refractivity contribution in [2.45, 2.75) is 44.8 Å². The molecule has 1 saturated carbocycles. The van der Waals surface area contributed by atoms with Crippen LogP contribution in [0.3, 0.4) is 0 Å². The summed E-state index contributed by atoms with van der Waals surface area (Å²) in [5.41, 5.74) is 3.89. The fourth-order valence-electron chi connectivity index (χ4n) is 3.79. The van der Waals surface area contributed by atoms with E-state index in [1.165, 1.54) is 25.7 Å². The van der Waals surface area contributed by atoms with Gasteiger partial charge in [-0.3, -0.25) is 4.79 Å². The molecular formula is C20H23NO3S. The van der Waals surface area contributed by atoms with Crippen molar-refractivity contribution in [3.63, 3.8) is 0 Å². The number of nitrogens with zero attached hydrogens (tertiary/aromatic N) is 1. The highest BCUT2D eigenvalue weighted by atomic mass is 32.2. The number of aryl methyl sites for hydroxylation is 1. The van der Waals surface area contributed by atoms with Gasteiger partial charge < -0.3 is 14.0 Å². The highest BCUT2D eigenvalue weighted by molar-refractivity contribution is 8.00. The van der Waals surface area contributed by atoms with Crippen LogP contribution in [0, 0.1) is 13.8 Å². The maximum absolute atomic E-state index is 12.7. The molecule has 1 aliphatic carbocycles. The summed E-state index contributed by atoms with van der Waals surface area (Å²) in [4.78, 5) is 12.7. The highest BCUT2D eigenvalue weighted by Crippen LogP contribution is 2.35. The van der Waals surface area contributed by atoms with Crippen LogP contribution in [-0.4, -0.2) is 28.1 Å². The number of thioether (sulfide) groups is 1. The number of rotatable bonds is 5. The molecule has 0 bridgehead atoms. The number of ether oxygens (including phenoxy) is 2. The molecule has 0 unspecified atom stereocenters. The normalized spacial score (nSPS) is 16.6. The fourth-order valence-corrected chi connectivity index (χ4v) is 5.00. The summed E-state index contributed by atoms with van der Waals surface area (Å²) in [5.74, 6) is 2.35. The van der Waals surface area contributed by atoms with Gasteiger partial charge in [-0.25, -0.2) is 0 Å². The van der Waals surface area contributed by atoms with Crippen LogP contribution < -0.4 is 9.47 Å². The lowest BCUT2D eigenvalue weighted by Gasteiger charge is -2.11. The first-order valence-corrected chi connectivity index (χ1v) is 9.92. The van der Waals surface area contributed by atoms with Crippen molar-refractivity contribution in [1.29, 1.82) is 0 Å². The molecule has 25 heavy (non-hydrogen) atoms. The predicted molar refractivity (Wildman–Crippen MR) is 100 cm³/mol. The van der Waals surface area contributed by atoms with Crippen LogP contribution in [0.1, 0.15) is 47.4 Å². The third-order valence-corrected chi connectivity index (χ3v) is 6.47. The third-order valence-electron chi connectivity index (χ3n) is 5.10. The zero-order valence-electron chi connectivity index (χ0n) is 14.7. The lowest BCUT2D eigenvalue weighted by atomic mass is 10.2. The summed E-state index contributed by atoms with van der Waals surface area (Å²) in [6.45, 7) is 4.33. The van der Waals surface area contributed by atoms with Crippen LogP contribution in [0.15, 0.2) is 24.3 Å².